The molecule has 114 valence electrons. The molecule has 0 aliphatic carbocycles. The van der Waals surface area contributed by atoms with Crippen LogP contribution in [-0.4, -0.2) is 10.5 Å². The Kier molecular flexibility index (Phi) is 3.34. The summed E-state index contributed by atoms with van der Waals surface area (Å²) in [5, 5.41) is 0. The number of anilines is 1. The van der Waals surface area contributed by atoms with E-state index < -0.39 is 0 Å². The van der Waals surface area contributed by atoms with E-state index in [2.05, 4.69) is 44.9 Å². The van der Waals surface area contributed by atoms with Crippen molar-refractivity contribution in [1.29, 1.82) is 0 Å². The second kappa shape index (κ2) is 5.39. The number of amides is 1. The molecule has 23 heavy (non-hydrogen) atoms. The molecule has 1 amide bonds. The summed E-state index contributed by atoms with van der Waals surface area (Å²) in [4.78, 5) is 14.3. The van der Waals surface area contributed by atoms with E-state index >= 15 is 0 Å². The molecule has 1 atom stereocenters. The quantitative estimate of drug-likeness (QED) is 0.612. The van der Waals surface area contributed by atoms with Crippen LogP contribution in [0, 0.1) is 0 Å². The number of para-hydroxylation sites is 2. The summed E-state index contributed by atoms with van der Waals surface area (Å²) in [6.07, 6.45) is 2.05. The van der Waals surface area contributed by atoms with Gasteiger partial charge in [0.1, 0.15) is 6.04 Å². The van der Waals surface area contributed by atoms with E-state index in [0.717, 1.165) is 27.1 Å². The first-order valence-corrected chi connectivity index (χ1v) is 8.28. The van der Waals surface area contributed by atoms with Crippen molar-refractivity contribution < 1.29 is 4.79 Å². The molecule has 4 rings (SSSR count). The van der Waals surface area contributed by atoms with Gasteiger partial charge in [-0.15, -0.1) is 0 Å². The summed E-state index contributed by atoms with van der Waals surface area (Å²) < 4.78 is 3.20. The van der Waals surface area contributed by atoms with Gasteiger partial charge in [0.2, 0.25) is 5.91 Å². The van der Waals surface area contributed by atoms with Crippen molar-refractivity contribution in [3.63, 3.8) is 0 Å². The Balaban J connectivity index is 1.98. The van der Waals surface area contributed by atoms with Crippen molar-refractivity contribution in [1.82, 2.24) is 4.57 Å². The standard InChI is InChI=1S/C19H15BrN2O/c1-13(23)22-17-6-3-2-5-16(17)21-12-4-7-18(21)19(22)14-8-10-15(20)11-9-14/h2-12,19H,1H3. The molecule has 0 spiro atoms. The molecule has 1 aliphatic heterocycles. The minimum absolute atomic E-state index is 0.0396. The highest BCUT2D eigenvalue weighted by Gasteiger charge is 2.34. The predicted octanol–water partition coefficient (Wildman–Crippen LogP) is 4.70. The summed E-state index contributed by atoms with van der Waals surface area (Å²) in [6, 6.07) is 20.2. The largest absolute Gasteiger partial charge is 0.316 e. The van der Waals surface area contributed by atoms with Gasteiger partial charge >= 0.3 is 0 Å². The highest BCUT2D eigenvalue weighted by Crippen LogP contribution is 2.42. The van der Waals surface area contributed by atoms with Crippen molar-refractivity contribution in [3.05, 3.63) is 82.6 Å². The van der Waals surface area contributed by atoms with E-state index in [4.69, 9.17) is 0 Å². The number of rotatable bonds is 1. The molecule has 2 heterocycles. The minimum atomic E-state index is -0.120. The fourth-order valence-electron chi connectivity index (χ4n) is 3.30. The van der Waals surface area contributed by atoms with Crippen molar-refractivity contribution in [3.8, 4) is 5.69 Å². The first-order valence-electron chi connectivity index (χ1n) is 7.49. The van der Waals surface area contributed by atoms with Gasteiger partial charge in [-0.2, -0.15) is 0 Å². The van der Waals surface area contributed by atoms with E-state index in [-0.39, 0.29) is 11.9 Å². The fourth-order valence-corrected chi connectivity index (χ4v) is 3.56. The maximum Gasteiger partial charge on any atom is 0.224 e. The van der Waals surface area contributed by atoms with Crippen LogP contribution in [0.3, 0.4) is 0 Å². The Hall–Kier alpha value is -2.33. The third-order valence-electron chi connectivity index (χ3n) is 4.24. The van der Waals surface area contributed by atoms with Gasteiger partial charge < -0.3 is 4.57 Å². The second-order valence-electron chi connectivity index (χ2n) is 5.63. The lowest BCUT2D eigenvalue weighted by atomic mass is 9.98. The highest BCUT2D eigenvalue weighted by atomic mass is 79.9. The van der Waals surface area contributed by atoms with E-state index in [1.165, 1.54) is 0 Å². The van der Waals surface area contributed by atoms with Crippen molar-refractivity contribution >= 4 is 27.5 Å². The smallest absolute Gasteiger partial charge is 0.224 e. The number of aromatic nitrogens is 1. The molecule has 3 nitrogen and oxygen atoms in total. The van der Waals surface area contributed by atoms with Crippen LogP contribution in [0.5, 0.6) is 0 Å². The molecule has 1 unspecified atom stereocenters. The third kappa shape index (κ3) is 2.21. The van der Waals surface area contributed by atoms with Gasteiger partial charge in [-0.1, -0.05) is 40.2 Å². The zero-order chi connectivity index (χ0) is 16.0. The van der Waals surface area contributed by atoms with Gasteiger partial charge in [0.25, 0.3) is 0 Å². The van der Waals surface area contributed by atoms with Crippen LogP contribution in [0.4, 0.5) is 5.69 Å². The number of nitrogens with zero attached hydrogens (tertiary/aromatic N) is 2. The average molecular weight is 367 g/mol. The van der Waals surface area contributed by atoms with Crippen LogP contribution in [0.25, 0.3) is 5.69 Å². The van der Waals surface area contributed by atoms with Crippen LogP contribution < -0.4 is 4.90 Å². The number of hydrogen-bond donors (Lipinski definition) is 0. The normalized spacial score (nSPS) is 15.9. The number of hydrogen-bond acceptors (Lipinski definition) is 1. The summed E-state index contributed by atoms with van der Waals surface area (Å²) in [6.45, 7) is 1.63. The molecule has 1 aromatic heterocycles. The molecule has 2 aromatic carbocycles. The summed E-state index contributed by atoms with van der Waals surface area (Å²) >= 11 is 3.48. The topological polar surface area (TPSA) is 25.2 Å². The zero-order valence-corrected chi connectivity index (χ0v) is 14.2. The van der Waals surface area contributed by atoms with Crippen LogP contribution in [0.15, 0.2) is 71.3 Å². The third-order valence-corrected chi connectivity index (χ3v) is 4.77. The van der Waals surface area contributed by atoms with Crippen LogP contribution >= 0.6 is 15.9 Å². The predicted molar refractivity (Wildman–Crippen MR) is 94.9 cm³/mol. The van der Waals surface area contributed by atoms with Crippen molar-refractivity contribution in [2.45, 2.75) is 13.0 Å². The number of halogens is 1. The first-order chi connectivity index (χ1) is 11.2. The van der Waals surface area contributed by atoms with E-state index in [9.17, 15) is 4.79 Å². The molecular formula is C19H15BrN2O. The molecule has 0 N–H and O–H groups in total. The monoisotopic (exact) mass is 366 g/mol. The number of carbonyl (C=O) groups excluding carboxylic acids is 1. The van der Waals surface area contributed by atoms with Gasteiger partial charge in [0, 0.05) is 17.6 Å². The summed E-state index contributed by atoms with van der Waals surface area (Å²) in [5.41, 5.74) is 4.17. The number of fused-ring (bicyclic) bond motifs is 3. The fraction of sp³-hybridized carbons (Fsp3) is 0.105. The van der Waals surface area contributed by atoms with Gasteiger partial charge in [-0.25, -0.2) is 0 Å². The molecular weight excluding hydrogens is 352 g/mol. The lowest BCUT2D eigenvalue weighted by Gasteiger charge is -2.38. The zero-order valence-electron chi connectivity index (χ0n) is 12.6. The van der Waals surface area contributed by atoms with E-state index in [0.29, 0.717) is 0 Å². The number of carbonyl (C=O) groups is 1. The Morgan fingerprint density at radius 2 is 1.65 bits per heavy atom. The van der Waals surface area contributed by atoms with Crippen LogP contribution in [0.1, 0.15) is 24.2 Å². The summed E-state index contributed by atoms with van der Waals surface area (Å²) in [5.74, 6) is 0.0396. The van der Waals surface area contributed by atoms with Gasteiger partial charge in [0.05, 0.1) is 17.1 Å². The highest BCUT2D eigenvalue weighted by molar-refractivity contribution is 9.10. The van der Waals surface area contributed by atoms with E-state index in [1.54, 1.807) is 6.92 Å². The lowest BCUT2D eigenvalue weighted by Crippen LogP contribution is -2.38. The Morgan fingerprint density at radius 3 is 2.35 bits per heavy atom. The van der Waals surface area contributed by atoms with Gasteiger partial charge in [0.15, 0.2) is 0 Å². The van der Waals surface area contributed by atoms with Crippen LogP contribution in [0.2, 0.25) is 0 Å². The maximum absolute atomic E-state index is 12.5. The Bertz CT molecular complexity index is 882. The SMILES string of the molecule is CC(=O)N1c2ccccc2-n2cccc2C1c1ccc(Br)cc1. The summed E-state index contributed by atoms with van der Waals surface area (Å²) in [7, 11) is 0. The maximum atomic E-state index is 12.5. The first kappa shape index (κ1) is 14.3. The molecule has 0 fully saturated rings. The molecule has 0 bridgehead atoms. The Morgan fingerprint density at radius 1 is 0.957 bits per heavy atom. The second-order valence-corrected chi connectivity index (χ2v) is 6.55. The molecule has 1 aliphatic rings. The minimum Gasteiger partial charge on any atom is -0.316 e. The average Bonchev–Trinajstić information content (AvgIpc) is 3.04. The van der Waals surface area contributed by atoms with Crippen LogP contribution in [-0.2, 0) is 4.79 Å². The molecule has 4 heteroatoms. The van der Waals surface area contributed by atoms with Crippen molar-refractivity contribution in [2.75, 3.05) is 4.90 Å². The molecule has 3 aromatic rings. The molecule has 0 saturated heterocycles. The molecule has 0 radical (unpaired) electrons. The van der Waals surface area contributed by atoms with Gasteiger partial charge in [-0.3, -0.25) is 9.69 Å². The van der Waals surface area contributed by atoms with E-state index in [1.807, 2.05) is 47.4 Å². The van der Waals surface area contributed by atoms with Gasteiger partial charge in [-0.05, 0) is 42.0 Å². The van der Waals surface area contributed by atoms with Crippen molar-refractivity contribution in [2.24, 2.45) is 0 Å². The number of benzene rings is 2. The molecule has 0 saturated carbocycles. The Labute approximate surface area is 143 Å². The lowest BCUT2D eigenvalue weighted by molar-refractivity contribution is -0.117.